The Bertz CT molecular complexity index is 269. The van der Waals surface area contributed by atoms with E-state index in [-0.39, 0.29) is 11.7 Å². The van der Waals surface area contributed by atoms with Crippen molar-refractivity contribution in [1.29, 1.82) is 0 Å². The van der Waals surface area contributed by atoms with Crippen LogP contribution in [0.3, 0.4) is 0 Å². The Morgan fingerprint density at radius 3 is 2.77 bits per heavy atom. The molecule has 0 fully saturated rings. The molecular weight excluding hydrogens is 162 g/mol. The van der Waals surface area contributed by atoms with Crippen LogP contribution in [0.15, 0.2) is 24.4 Å². The molecule has 0 aromatic carbocycles. The zero-order chi connectivity index (χ0) is 9.68. The summed E-state index contributed by atoms with van der Waals surface area (Å²) in [5, 5.41) is 0. The molecule has 0 aliphatic carbocycles. The van der Waals surface area contributed by atoms with E-state index < -0.39 is 0 Å². The Kier molecular flexibility index (Phi) is 3.62. The normalized spacial score (nSPS) is 12.5. The first-order valence-corrected chi connectivity index (χ1v) is 4.64. The van der Waals surface area contributed by atoms with E-state index in [9.17, 15) is 4.79 Å². The molecule has 0 radical (unpaired) electrons. The van der Waals surface area contributed by atoms with E-state index in [1.807, 2.05) is 25.1 Å². The molecule has 70 valence electrons. The smallest absolute Gasteiger partial charge is 0.133 e. The van der Waals surface area contributed by atoms with Gasteiger partial charge in [-0.15, -0.1) is 0 Å². The highest BCUT2D eigenvalue weighted by atomic mass is 16.1. The lowest BCUT2D eigenvalue weighted by Crippen LogP contribution is -2.13. The van der Waals surface area contributed by atoms with E-state index in [2.05, 4.69) is 4.98 Å². The lowest BCUT2D eigenvalue weighted by molar-refractivity contribution is -0.120. The molecule has 0 N–H and O–H groups in total. The number of carbonyl (C=O) groups is 1. The number of ketones is 1. The van der Waals surface area contributed by atoms with Gasteiger partial charge in [-0.05, 0) is 31.9 Å². The van der Waals surface area contributed by atoms with Crippen LogP contribution >= 0.6 is 0 Å². The van der Waals surface area contributed by atoms with Gasteiger partial charge in [0.15, 0.2) is 0 Å². The molecule has 0 aliphatic rings. The quantitative estimate of drug-likeness (QED) is 0.706. The molecule has 1 aromatic rings. The Balaban J connectivity index is 2.62. The number of nitrogens with zero attached hydrogens (tertiary/aromatic N) is 1. The van der Waals surface area contributed by atoms with Gasteiger partial charge in [-0.1, -0.05) is 13.0 Å². The average Bonchev–Trinajstić information content (AvgIpc) is 2.15. The van der Waals surface area contributed by atoms with Gasteiger partial charge in [-0.3, -0.25) is 9.78 Å². The Morgan fingerprint density at radius 1 is 1.54 bits per heavy atom. The summed E-state index contributed by atoms with van der Waals surface area (Å²) < 4.78 is 0. The molecule has 0 saturated heterocycles. The number of Topliss-reactive ketones (excluding diaryl/α,β-unsaturated/α-hetero) is 1. The van der Waals surface area contributed by atoms with Gasteiger partial charge in [0, 0.05) is 17.8 Å². The molecule has 1 heterocycles. The minimum absolute atomic E-state index is 0.134. The van der Waals surface area contributed by atoms with Crippen molar-refractivity contribution in [1.82, 2.24) is 4.98 Å². The third kappa shape index (κ3) is 2.98. The molecule has 2 nitrogen and oxygen atoms in total. The van der Waals surface area contributed by atoms with Crippen LogP contribution in [-0.4, -0.2) is 10.8 Å². The maximum absolute atomic E-state index is 11.2. The summed E-state index contributed by atoms with van der Waals surface area (Å²) in [6, 6.07) is 5.80. The zero-order valence-electron chi connectivity index (χ0n) is 8.16. The van der Waals surface area contributed by atoms with Gasteiger partial charge in [0.25, 0.3) is 0 Å². The van der Waals surface area contributed by atoms with Crippen molar-refractivity contribution < 1.29 is 4.79 Å². The van der Waals surface area contributed by atoms with E-state index in [0.29, 0.717) is 0 Å². The van der Waals surface area contributed by atoms with Crippen molar-refractivity contribution in [2.24, 2.45) is 5.92 Å². The Morgan fingerprint density at radius 2 is 2.31 bits per heavy atom. The van der Waals surface area contributed by atoms with Crippen molar-refractivity contribution >= 4 is 5.78 Å². The number of carbonyl (C=O) groups excluding carboxylic acids is 1. The van der Waals surface area contributed by atoms with E-state index in [0.717, 1.165) is 18.5 Å². The van der Waals surface area contributed by atoms with Crippen molar-refractivity contribution in [2.75, 3.05) is 0 Å². The first kappa shape index (κ1) is 9.90. The fourth-order valence-corrected chi connectivity index (χ4v) is 1.35. The number of aromatic nitrogens is 1. The van der Waals surface area contributed by atoms with Crippen molar-refractivity contribution in [3.63, 3.8) is 0 Å². The van der Waals surface area contributed by atoms with Crippen molar-refractivity contribution in [3.05, 3.63) is 30.1 Å². The first-order chi connectivity index (χ1) is 6.24. The van der Waals surface area contributed by atoms with Crippen LogP contribution in [0.5, 0.6) is 0 Å². The van der Waals surface area contributed by atoms with Crippen LogP contribution in [0.1, 0.15) is 26.0 Å². The lowest BCUT2D eigenvalue weighted by Gasteiger charge is -2.09. The standard InChI is InChI=1S/C11H15NO/c1-3-10(9(2)13)8-11-6-4-5-7-12-11/h4-7,10H,3,8H2,1-2H3/t10-/m0/s1. The second-order valence-corrected chi connectivity index (χ2v) is 3.24. The highest BCUT2D eigenvalue weighted by Gasteiger charge is 2.12. The Labute approximate surface area is 79.0 Å². The van der Waals surface area contributed by atoms with Gasteiger partial charge in [-0.25, -0.2) is 0 Å². The van der Waals surface area contributed by atoms with Crippen molar-refractivity contribution in [3.8, 4) is 0 Å². The molecule has 2 heteroatoms. The summed E-state index contributed by atoms with van der Waals surface area (Å²) in [6.07, 6.45) is 3.43. The number of pyridine rings is 1. The lowest BCUT2D eigenvalue weighted by atomic mass is 9.96. The maximum atomic E-state index is 11.2. The highest BCUT2D eigenvalue weighted by molar-refractivity contribution is 5.78. The second-order valence-electron chi connectivity index (χ2n) is 3.24. The highest BCUT2D eigenvalue weighted by Crippen LogP contribution is 2.10. The molecule has 1 aromatic heterocycles. The monoisotopic (exact) mass is 177 g/mol. The molecule has 0 unspecified atom stereocenters. The summed E-state index contributed by atoms with van der Waals surface area (Å²) in [6.45, 7) is 3.69. The third-order valence-electron chi connectivity index (χ3n) is 2.25. The van der Waals surface area contributed by atoms with Crippen LogP contribution in [0.2, 0.25) is 0 Å². The molecule has 0 amide bonds. The zero-order valence-corrected chi connectivity index (χ0v) is 8.16. The SMILES string of the molecule is CC[C@@H](Cc1ccccn1)C(C)=O. The minimum atomic E-state index is 0.134. The Hall–Kier alpha value is -1.18. The summed E-state index contributed by atoms with van der Waals surface area (Å²) in [7, 11) is 0. The molecule has 0 aliphatic heterocycles. The fourth-order valence-electron chi connectivity index (χ4n) is 1.35. The largest absolute Gasteiger partial charge is 0.300 e. The van der Waals surface area contributed by atoms with Gasteiger partial charge in [0.05, 0.1) is 0 Å². The summed E-state index contributed by atoms with van der Waals surface area (Å²) in [5.74, 6) is 0.392. The third-order valence-corrected chi connectivity index (χ3v) is 2.25. The first-order valence-electron chi connectivity index (χ1n) is 4.64. The molecule has 0 bridgehead atoms. The van der Waals surface area contributed by atoms with Crippen LogP contribution < -0.4 is 0 Å². The van der Waals surface area contributed by atoms with Crippen LogP contribution in [-0.2, 0) is 11.2 Å². The van der Waals surface area contributed by atoms with Gasteiger partial charge in [0.2, 0.25) is 0 Å². The van der Waals surface area contributed by atoms with Crippen LogP contribution in [0.4, 0.5) is 0 Å². The molecule has 1 rings (SSSR count). The van der Waals surface area contributed by atoms with Gasteiger partial charge >= 0.3 is 0 Å². The fraction of sp³-hybridized carbons (Fsp3) is 0.455. The van der Waals surface area contributed by atoms with E-state index in [4.69, 9.17) is 0 Å². The molecule has 0 saturated carbocycles. The average molecular weight is 177 g/mol. The second kappa shape index (κ2) is 4.75. The summed E-state index contributed by atoms with van der Waals surface area (Å²) >= 11 is 0. The van der Waals surface area contributed by atoms with Gasteiger partial charge < -0.3 is 0 Å². The van der Waals surface area contributed by atoms with E-state index in [1.165, 1.54) is 0 Å². The number of hydrogen-bond donors (Lipinski definition) is 0. The predicted molar refractivity (Wildman–Crippen MR) is 52.4 cm³/mol. The van der Waals surface area contributed by atoms with E-state index >= 15 is 0 Å². The topological polar surface area (TPSA) is 30.0 Å². The maximum Gasteiger partial charge on any atom is 0.133 e. The van der Waals surface area contributed by atoms with Gasteiger partial charge in [-0.2, -0.15) is 0 Å². The van der Waals surface area contributed by atoms with Crippen LogP contribution in [0, 0.1) is 5.92 Å². The number of rotatable bonds is 4. The number of hydrogen-bond acceptors (Lipinski definition) is 2. The van der Waals surface area contributed by atoms with Gasteiger partial charge in [0.1, 0.15) is 5.78 Å². The van der Waals surface area contributed by atoms with Crippen LogP contribution in [0.25, 0.3) is 0 Å². The summed E-state index contributed by atoms with van der Waals surface area (Å²) in [5.41, 5.74) is 1.00. The van der Waals surface area contributed by atoms with Crippen molar-refractivity contribution in [2.45, 2.75) is 26.7 Å². The predicted octanol–water partition coefficient (Wildman–Crippen LogP) is 2.24. The molecular formula is C11H15NO. The molecule has 0 spiro atoms. The molecule has 1 atom stereocenters. The molecule has 13 heavy (non-hydrogen) atoms. The van der Waals surface area contributed by atoms with E-state index in [1.54, 1.807) is 13.1 Å². The minimum Gasteiger partial charge on any atom is -0.300 e. The summed E-state index contributed by atoms with van der Waals surface area (Å²) in [4.78, 5) is 15.3.